The Bertz CT molecular complexity index is 1240. The SMILES string of the molecule is CCCCn1c(=O)[nH]c(=O)c2c1nc(CCC(=O)NC(C)c1ccc(SC)cc1)n2CC(C)C. The molecule has 0 bridgehead atoms. The largest absolute Gasteiger partial charge is 0.350 e. The van der Waals surface area contributed by atoms with Crippen LogP contribution in [0.2, 0.25) is 0 Å². The topological polar surface area (TPSA) is 102 Å². The quantitative estimate of drug-likeness (QED) is 0.402. The van der Waals surface area contributed by atoms with Crippen molar-refractivity contribution >= 4 is 28.8 Å². The molecule has 34 heavy (non-hydrogen) atoms. The standard InChI is InChI=1S/C25H35N5O3S/c1-6-7-14-29-23-22(24(32)28-25(29)33)30(15-16(2)3)20(27-23)12-13-21(31)26-17(4)18-8-10-19(34-5)11-9-18/h8-11,16-17H,6-7,12-15H2,1-5H3,(H,26,31)(H,28,32,33). The van der Waals surface area contributed by atoms with Gasteiger partial charge < -0.3 is 9.88 Å². The van der Waals surface area contributed by atoms with Crippen LogP contribution < -0.4 is 16.6 Å². The fraction of sp³-hybridized carbons (Fsp3) is 0.520. The lowest BCUT2D eigenvalue weighted by molar-refractivity contribution is -0.121. The van der Waals surface area contributed by atoms with Crippen molar-refractivity contribution in [1.29, 1.82) is 0 Å². The number of hydrogen-bond donors (Lipinski definition) is 2. The monoisotopic (exact) mass is 485 g/mol. The zero-order valence-corrected chi connectivity index (χ0v) is 21.5. The highest BCUT2D eigenvalue weighted by molar-refractivity contribution is 7.98. The Morgan fingerprint density at radius 2 is 1.85 bits per heavy atom. The Kier molecular flexibility index (Phi) is 8.77. The van der Waals surface area contributed by atoms with Gasteiger partial charge in [0.2, 0.25) is 5.91 Å². The number of H-pyrrole nitrogens is 1. The Balaban J connectivity index is 1.83. The third-order valence-corrected chi connectivity index (χ3v) is 6.56. The Morgan fingerprint density at radius 3 is 2.47 bits per heavy atom. The number of unbranched alkanes of at least 4 members (excludes halogenated alkanes) is 1. The molecule has 1 atom stereocenters. The van der Waals surface area contributed by atoms with E-state index in [2.05, 4.69) is 24.1 Å². The summed E-state index contributed by atoms with van der Waals surface area (Å²) in [6.45, 7) is 9.22. The highest BCUT2D eigenvalue weighted by Crippen LogP contribution is 2.20. The van der Waals surface area contributed by atoms with Crippen molar-refractivity contribution in [1.82, 2.24) is 24.4 Å². The minimum Gasteiger partial charge on any atom is -0.350 e. The molecule has 0 aliphatic carbocycles. The van der Waals surface area contributed by atoms with E-state index in [1.807, 2.05) is 48.9 Å². The number of benzene rings is 1. The van der Waals surface area contributed by atoms with E-state index in [0.29, 0.717) is 36.5 Å². The van der Waals surface area contributed by atoms with Crippen LogP contribution in [0.4, 0.5) is 0 Å². The number of aromatic nitrogens is 4. The molecule has 0 spiro atoms. The number of aromatic amines is 1. The van der Waals surface area contributed by atoms with Crippen molar-refractivity contribution in [2.75, 3.05) is 6.26 Å². The number of amides is 1. The summed E-state index contributed by atoms with van der Waals surface area (Å²) in [6, 6.07) is 8.04. The Labute approximate surface area is 204 Å². The van der Waals surface area contributed by atoms with Gasteiger partial charge in [0.25, 0.3) is 5.56 Å². The van der Waals surface area contributed by atoms with Gasteiger partial charge in [0.1, 0.15) is 5.82 Å². The number of carbonyl (C=O) groups is 1. The molecule has 3 aromatic rings. The average Bonchev–Trinajstić information content (AvgIpc) is 3.15. The Hall–Kier alpha value is -2.81. The lowest BCUT2D eigenvalue weighted by Gasteiger charge is -2.15. The lowest BCUT2D eigenvalue weighted by Crippen LogP contribution is -2.31. The van der Waals surface area contributed by atoms with Crippen molar-refractivity contribution < 1.29 is 4.79 Å². The first kappa shape index (κ1) is 25.8. The van der Waals surface area contributed by atoms with Crippen LogP contribution in [0.1, 0.15) is 64.4 Å². The molecule has 0 saturated heterocycles. The normalized spacial score (nSPS) is 12.4. The second-order valence-corrected chi connectivity index (χ2v) is 9.91. The number of aryl methyl sites for hydroxylation is 2. The minimum absolute atomic E-state index is 0.0816. The molecular formula is C25H35N5O3S. The number of nitrogens with one attached hydrogen (secondary N) is 2. The van der Waals surface area contributed by atoms with E-state index in [1.54, 1.807) is 16.3 Å². The smallest absolute Gasteiger partial charge is 0.330 e. The number of thioether (sulfide) groups is 1. The van der Waals surface area contributed by atoms with Crippen LogP contribution in [0.25, 0.3) is 11.2 Å². The van der Waals surface area contributed by atoms with E-state index in [-0.39, 0.29) is 24.3 Å². The summed E-state index contributed by atoms with van der Waals surface area (Å²) in [5.74, 6) is 0.837. The summed E-state index contributed by atoms with van der Waals surface area (Å²) < 4.78 is 3.42. The third kappa shape index (κ3) is 6.00. The molecule has 0 saturated carbocycles. The van der Waals surface area contributed by atoms with E-state index >= 15 is 0 Å². The first-order valence-electron chi connectivity index (χ1n) is 11.9. The first-order valence-corrected chi connectivity index (χ1v) is 13.1. The van der Waals surface area contributed by atoms with Crippen molar-refractivity contribution in [2.24, 2.45) is 5.92 Å². The van der Waals surface area contributed by atoms with Gasteiger partial charge in [-0.25, -0.2) is 9.78 Å². The number of carbonyl (C=O) groups excluding carboxylic acids is 1. The minimum atomic E-state index is -0.439. The molecule has 2 aromatic heterocycles. The molecule has 8 nitrogen and oxygen atoms in total. The maximum atomic E-state index is 12.7. The highest BCUT2D eigenvalue weighted by Gasteiger charge is 2.20. The number of fused-ring (bicyclic) bond motifs is 1. The van der Waals surface area contributed by atoms with Gasteiger partial charge in [-0.2, -0.15) is 0 Å². The van der Waals surface area contributed by atoms with Crippen LogP contribution in [-0.4, -0.2) is 31.3 Å². The van der Waals surface area contributed by atoms with Crippen molar-refractivity contribution in [2.45, 2.75) is 77.4 Å². The predicted octanol–water partition coefficient (Wildman–Crippen LogP) is 3.87. The zero-order valence-electron chi connectivity index (χ0n) is 20.7. The lowest BCUT2D eigenvalue weighted by atomic mass is 10.1. The molecule has 0 aliphatic rings. The molecule has 184 valence electrons. The average molecular weight is 486 g/mol. The molecule has 1 aromatic carbocycles. The predicted molar refractivity (Wildman–Crippen MR) is 137 cm³/mol. The van der Waals surface area contributed by atoms with E-state index in [0.717, 1.165) is 18.4 Å². The summed E-state index contributed by atoms with van der Waals surface area (Å²) in [7, 11) is 0. The summed E-state index contributed by atoms with van der Waals surface area (Å²) in [6.07, 6.45) is 4.39. The second kappa shape index (κ2) is 11.6. The highest BCUT2D eigenvalue weighted by atomic mass is 32.2. The van der Waals surface area contributed by atoms with Gasteiger partial charge in [0, 0.05) is 30.8 Å². The fourth-order valence-electron chi connectivity index (χ4n) is 4.01. The molecule has 1 unspecified atom stereocenters. The van der Waals surface area contributed by atoms with Crippen molar-refractivity contribution in [3.8, 4) is 0 Å². The molecule has 3 rings (SSSR count). The number of nitrogens with zero attached hydrogens (tertiary/aromatic N) is 3. The van der Waals surface area contributed by atoms with Crippen LogP contribution in [-0.2, 0) is 24.3 Å². The van der Waals surface area contributed by atoms with Crippen molar-refractivity contribution in [3.05, 3.63) is 56.5 Å². The zero-order chi connectivity index (χ0) is 24.8. The maximum absolute atomic E-state index is 12.7. The van der Waals surface area contributed by atoms with Crippen LogP contribution in [0.5, 0.6) is 0 Å². The molecule has 0 fully saturated rings. The van der Waals surface area contributed by atoms with E-state index in [1.165, 1.54) is 4.90 Å². The van der Waals surface area contributed by atoms with Gasteiger partial charge >= 0.3 is 5.69 Å². The summed E-state index contributed by atoms with van der Waals surface area (Å²) in [4.78, 5) is 46.2. The van der Waals surface area contributed by atoms with Gasteiger partial charge in [-0.1, -0.05) is 39.3 Å². The second-order valence-electron chi connectivity index (χ2n) is 9.03. The third-order valence-electron chi connectivity index (χ3n) is 5.82. The van der Waals surface area contributed by atoms with Crippen LogP contribution in [0.15, 0.2) is 38.8 Å². The van der Waals surface area contributed by atoms with Crippen LogP contribution in [0, 0.1) is 5.92 Å². The van der Waals surface area contributed by atoms with Gasteiger partial charge in [0.05, 0.1) is 6.04 Å². The molecule has 0 radical (unpaired) electrons. The summed E-state index contributed by atoms with van der Waals surface area (Å²) in [5.41, 5.74) is 0.983. The van der Waals surface area contributed by atoms with E-state index < -0.39 is 11.2 Å². The molecule has 2 N–H and O–H groups in total. The van der Waals surface area contributed by atoms with Gasteiger partial charge in [0.15, 0.2) is 11.2 Å². The number of imidazole rings is 1. The molecule has 9 heteroatoms. The summed E-state index contributed by atoms with van der Waals surface area (Å²) >= 11 is 1.68. The number of rotatable bonds is 11. The summed E-state index contributed by atoms with van der Waals surface area (Å²) in [5, 5.41) is 3.05. The maximum Gasteiger partial charge on any atom is 0.330 e. The van der Waals surface area contributed by atoms with Crippen LogP contribution in [0.3, 0.4) is 0 Å². The van der Waals surface area contributed by atoms with Gasteiger partial charge in [-0.05, 0) is 43.2 Å². The molecule has 2 heterocycles. The number of hydrogen-bond acceptors (Lipinski definition) is 5. The van der Waals surface area contributed by atoms with Crippen molar-refractivity contribution in [3.63, 3.8) is 0 Å². The van der Waals surface area contributed by atoms with Gasteiger partial charge in [-0.15, -0.1) is 11.8 Å². The molecule has 0 aliphatic heterocycles. The molecule has 1 amide bonds. The van der Waals surface area contributed by atoms with E-state index in [4.69, 9.17) is 4.98 Å². The Morgan fingerprint density at radius 1 is 1.15 bits per heavy atom. The van der Waals surface area contributed by atoms with Gasteiger partial charge in [-0.3, -0.25) is 19.1 Å². The van der Waals surface area contributed by atoms with E-state index in [9.17, 15) is 14.4 Å². The molecular weight excluding hydrogens is 450 g/mol. The fourth-order valence-corrected chi connectivity index (χ4v) is 4.42. The van der Waals surface area contributed by atoms with Crippen LogP contribution >= 0.6 is 11.8 Å². The first-order chi connectivity index (χ1) is 16.2.